The Balaban J connectivity index is 1.43. The highest BCUT2D eigenvalue weighted by Crippen LogP contribution is 2.26. The Labute approximate surface area is 212 Å². The maximum atomic E-state index is 12.8. The van der Waals surface area contributed by atoms with Gasteiger partial charge in [-0.3, -0.25) is 4.79 Å². The smallest absolute Gasteiger partial charge is 0.236 e. The fourth-order valence-electron chi connectivity index (χ4n) is 3.24. The van der Waals surface area contributed by atoms with Crippen LogP contribution in [0.2, 0.25) is 0 Å². The number of thioether (sulfide) groups is 2. The summed E-state index contributed by atoms with van der Waals surface area (Å²) in [5.74, 6) is 1.64. The van der Waals surface area contributed by atoms with Crippen LogP contribution in [0.1, 0.15) is 17.0 Å². The summed E-state index contributed by atoms with van der Waals surface area (Å²) in [7, 11) is 0. The van der Waals surface area contributed by atoms with Crippen molar-refractivity contribution in [2.75, 3.05) is 11.1 Å². The number of rotatable bonds is 10. The molecule has 4 rings (SSSR count). The largest absolute Gasteiger partial charge is 0.309 e. The molecule has 0 aliphatic heterocycles. The van der Waals surface area contributed by atoms with E-state index in [9.17, 15) is 10.1 Å². The molecular formula is C25H23N7OS2. The van der Waals surface area contributed by atoms with Crippen LogP contribution in [0.15, 0.2) is 83.5 Å². The lowest BCUT2D eigenvalue weighted by molar-refractivity contribution is -0.113. The second-order valence-corrected chi connectivity index (χ2v) is 9.49. The van der Waals surface area contributed by atoms with Crippen molar-refractivity contribution in [3.05, 3.63) is 90.4 Å². The summed E-state index contributed by atoms with van der Waals surface area (Å²) in [6, 6.07) is 19.7. The highest BCUT2D eigenvalue weighted by atomic mass is 32.2. The van der Waals surface area contributed by atoms with E-state index in [1.807, 2.05) is 34.9 Å². The van der Waals surface area contributed by atoms with E-state index in [4.69, 9.17) is 0 Å². The van der Waals surface area contributed by atoms with E-state index in [0.29, 0.717) is 23.3 Å². The van der Waals surface area contributed by atoms with E-state index < -0.39 is 0 Å². The first-order valence-electron chi connectivity index (χ1n) is 10.8. The van der Waals surface area contributed by atoms with Gasteiger partial charge in [0, 0.05) is 11.4 Å². The van der Waals surface area contributed by atoms with E-state index in [1.165, 1.54) is 23.5 Å². The zero-order valence-corrected chi connectivity index (χ0v) is 20.7. The Bertz CT molecular complexity index is 1350. The van der Waals surface area contributed by atoms with Gasteiger partial charge in [-0.2, -0.15) is 10.4 Å². The van der Waals surface area contributed by atoms with Crippen LogP contribution in [0.3, 0.4) is 0 Å². The monoisotopic (exact) mass is 501 g/mol. The number of allylic oxidation sites excluding steroid dienone is 1. The Morgan fingerprint density at radius 2 is 1.91 bits per heavy atom. The quantitative estimate of drug-likeness (QED) is 0.245. The molecule has 1 amide bonds. The first kappa shape index (κ1) is 24.3. The van der Waals surface area contributed by atoms with Crippen molar-refractivity contribution in [2.45, 2.75) is 29.3 Å². The number of nitrogens with zero attached hydrogens (tertiary/aromatic N) is 6. The third-order valence-electron chi connectivity index (χ3n) is 4.97. The van der Waals surface area contributed by atoms with Crippen LogP contribution in [0.25, 0.3) is 5.69 Å². The molecule has 0 fully saturated rings. The van der Waals surface area contributed by atoms with Crippen molar-refractivity contribution in [1.29, 1.82) is 5.26 Å². The number of nitriles is 1. The fourth-order valence-corrected chi connectivity index (χ4v) is 4.85. The van der Waals surface area contributed by atoms with Crippen LogP contribution in [-0.4, -0.2) is 36.2 Å². The predicted octanol–water partition coefficient (Wildman–Crippen LogP) is 4.85. The molecular weight excluding hydrogens is 478 g/mol. The molecule has 4 aromatic rings. The molecule has 0 saturated carbocycles. The Morgan fingerprint density at radius 1 is 1.14 bits per heavy atom. The summed E-state index contributed by atoms with van der Waals surface area (Å²) in [5, 5.41) is 25.8. The highest BCUT2D eigenvalue weighted by Gasteiger charge is 2.17. The lowest BCUT2D eigenvalue weighted by atomic mass is 10.2. The molecule has 0 bridgehead atoms. The first-order chi connectivity index (χ1) is 17.1. The number of hydrogen-bond donors (Lipinski definition) is 1. The van der Waals surface area contributed by atoms with Crippen molar-refractivity contribution in [2.24, 2.45) is 0 Å². The summed E-state index contributed by atoms with van der Waals surface area (Å²) in [5.41, 5.74) is 2.26. The van der Waals surface area contributed by atoms with Crippen molar-refractivity contribution in [3.8, 4) is 11.8 Å². The molecule has 2 aromatic heterocycles. The minimum Gasteiger partial charge on any atom is -0.309 e. The second-order valence-electron chi connectivity index (χ2n) is 7.50. The summed E-state index contributed by atoms with van der Waals surface area (Å²) in [4.78, 5) is 13.9. The molecule has 1 N–H and O–H groups in total. The average Bonchev–Trinajstić information content (AvgIpc) is 3.46. The van der Waals surface area contributed by atoms with Gasteiger partial charge in [0.1, 0.15) is 17.5 Å². The molecule has 2 aromatic carbocycles. The predicted molar refractivity (Wildman–Crippen MR) is 139 cm³/mol. The van der Waals surface area contributed by atoms with Crippen molar-refractivity contribution in [3.63, 3.8) is 0 Å². The Morgan fingerprint density at radius 3 is 2.63 bits per heavy atom. The van der Waals surface area contributed by atoms with Crippen molar-refractivity contribution in [1.82, 2.24) is 24.5 Å². The molecule has 0 aliphatic rings. The van der Waals surface area contributed by atoms with Gasteiger partial charge in [0.2, 0.25) is 5.91 Å². The number of aryl methyl sites for hydroxylation is 1. The van der Waals surface area contributed by atoms with Gasteiger partial charge in [-0.05, 0) is 31.2 Å². The number of para-hydroxylation sites is 1. The van der Waals surface area contributed by atoms with E-state index in [1.54, 1.807) is 22.5 Å². The van der Waals surface area contributed by atoms with Crippen LogP contribution in [0.5, 0.6) is 0 Å². The summed E-state index contributed by atoms with van der Waals surface area (Å²) in [6.07, 6.45) is 3.22. The standard InChI is InChI=1S/C25H23N7OS2/c1-3-13-31-22(16-34-21-11-9-18(2)10-12-21)29-30-25(31)35-17-23(33)28-24-19(14-26)15-27-32(24)20-7-5-4-6-8-20/h3-12,15H,1,13,16-17H2,2H3,(H,28,33). The molecule has 2 heterocycles. The number of nitrogens with one attached hydrogen (secondary N) is 1. The second kappa shape index (κ2) is 11.6. The molecule has 35 heavy (non-hydrogen) atoms. The van der Waals surface area contributed by atoms with Gasteiger partial charge in [0.15, 0.2) is 11.0 Å². The maximum Gasteiger partial charge on any atom is 0.236 e. The van der Waals surface area contributed by atoms with Gasteiger partial charge < -0.3 is 9.88 Å². The van der Waals surface area contributed by atoms with Gasteiger partial charge in [-0.15, -0.1) is 28.5 Å². The highest BCUT2D eigenvalue weighted by molar-refractivity contribution is 7.99. The number of hydrogen-bond acceptors (Lipinski definition) is 7. The maximum absolute atomic E-state index is 12.8. The van der Waals surface area contributed by atoms with Crippen LogP contribution >= 0.6 is 23.5 Å². The Kier molecular flexibility index (Phi) is 8.03. The zero-order valence-electron chi connectivity index (χ0n) is 19.1. The van der Waals surface area contributed by atoms with E-state index in [2.05, 4.69) is 64.5 Å². The number of amides is 1. The third-order valence-corrected chi connectivity index (χ3v) is 6.95. The van der Waals surface area contributed by atoms with Gasteiger partial charge >= 0.3 is 0 Å². The summed E-state index contributed by atoms with van der Waals surface area (Å²) < 4.78 is 3.50. The van der Waals surface area contributed by atoms with Crippen LogP contribution in [0, 0.1) is 18.3 Å². The normalized spacial score (nSPS) is 10.6. The lowest BCUT2D eigenvalue weighted by Gasteiger charge is -2.10. The first-order valence-corrected chi connectivity index (χ1v) is 12.7. The number of benzene rings is 2. The minimum atomic E-state index is -0.270. The minimum absolute atomic E-state index is 0.102. The van der Waals surface area contributed by atoms with Gasteiger partial charge in [0.25, 0.3) is 0 Å². The molecule has 0 unspecified atom stereocenters. The van der Waals surface area contributed by atoms with Crippen LogP contribution in [0.4, 0.5) is 5.82 Å². The van der Waals surface area contributed by atoms with Crippen molar-refractivity contribution < 1.29 is 4.79 Å². The molecule has 0 saturated heterocycles. The third kappa shape index (κ3) is 6.01. The van der Waals surface area contributed by atoms with Gasteiger partial charge in [0.05, 0.1) is 23.4 Å². The van der Waals surface area contributed by atoms with Crippen LogP contribution in [-0.2, 0) is 17.1 Å². The topological polar surface area (TPSA) is 101 Å². The zero-order chi connectivity index (χ0) is 24.6. The number of anilines is 1. The molecule has 8 nitrogen and oxygen atoms in total. The van der Waals surface area contributed by atoms with Gasteiger partial charge in [-0.25, -0.2) is 4.68 Å². The average molecular weight is 502 g/mol. The molecule has 10 heteroatoms. The van der Waals surface area contributed by atoms with Crippen LogP contribution < -0.4 is 5.32 Å². The van der Waals surface area contributed by atoms with E-state index in [0.717, 1.165) is 16.4 Å². The molecule has 0 radical (unpaired) electrons. The Hall–Kier alpha value is -3.81. The lowest BCUT2D eigenvalue weighted by Crippen LogP contribution is -2.18. The summed E-state index contributed by atoms with van der Waals surface area (Å²) >= 11 is 2.96. The van der Waals surface area contributed by atoms with E-state index >= 15 is 0 Å². The summed E-state index contributed by atoms with van der Waals surface area (Å²) in [6.45, 7) is 6.44. The number of aromatic nitrogens is 5. The van der Waals surface area contributed by atoms with Gasteiger partial charge in [-0.1, -0.05) is 53.7 Å². The molecule has 0 aliphatic carbocycles. The molecule has 176 valence electrons. The van der Waals surface area contributed by atoms with Crippen molar-refractivity contribution >= 4 is 35.2 Å². The number of carbonyl (C=O) groups excluding carboxylic acids is 1. The number of carbonyl (C=O) groups is 1. The fraction of sp³-hybridized carbons (Fsp3) is 0.160. The SMILES string of the molecule is C=CCn1c(CSc2ccc(C)cc2)nnc1SCC(=O)Nc1c(C#N)cnn1-c1ccccc1. The molecule has 0 atom stereocenters. The van der Waals surface area contributed by atoms with E-state index in [-0.39, 0.29) is 17.2 Å². The molecule has 0 spiro atoms.